The van der Waals surface area contributed by atoms with E-state index in [1.54, 1.807) is 12.0 Å². The number of amides is 2. The minimum atomic E-state index is -0.245. The summed E-state index contributed by atoms with van der Waals surface area (Å²) in [7, 11) is 1.63. The van der Waals surface area contributed by atoms with Gasteiger partial charge >= 0.3 is 0 Å². The standard InChI is InChI=1S/C20H29N3O3/c1-20(2)13-22(9-8-17(20)21)19(25)15-10-18(24)23(12-15)11-14-4-6-16(26-3)7-5-14/h4-7,15,17H,8-13,21H2,1-3H3. The van der Waals surface area contributed by atoms with Gasteiger partial charge in [0.05, 0.1) is 13.0 Å². The number of nitrogens with two attached hydrogens (primary N) is 1. The quantitative estimate of drug-likeness (QED) is 0.886. The molecule has 0 saturated carbocycles. The molecule has 142 valence electrons. The monoisotopic (exact) mass is 359 g/mol. The lowest BCUT2D eigenvalue weighted by molar-refractivity contribution is -0.139. The molecule has 1 aromatic carbocycles. The fourth-order valence-electron chi connectivity index (χ4n) is 3.86. The Hall–Kier alpha value is -2.08. The Morgan fingerprint density at radius 1 is 1.31 bits per heavy atom. The van der Waals surface area contributed by atoms with Gasteiger partial charge in [0.1, 0.15) is 5.75 Å². The predicted molar refractivity (Wildman–Crippen MR) is 99.5 cm³/mol. The highest BCUT2D eigenvalue weighted by molar-refractivity contribution is 5.89. The number of benzene rings is 1. The van der Waals surface area contributed by atoms with Crippen LogP contribution < -0.4 is 10.5 Å². The van der Waals surface area contributed by atoms with E-state index in [0.29, 0.717) is 32.6 Å². The minimum Gasteiger partial charge on any atom is -0.497 e. The number of piperidine rings is 1. The van der Waals surface area contributed by atoms with Crippen LogP contribution in [-0.2, 0) is 16.1 Å². The van der Waals surface area contributed by atoms with Crippen LogP contribution in [0.5, 0.6) is 5.75 Å². The molecule has 6 nitrogen and oxygen atoms in total. The van der Waals surface area contributed by atoms with Gasteiger partial charge in [0.25, 0.3) is 0 Å². The number of likely N-dealkylation sites (tertiary alicyclic amines) is 2. The van der Waals surface area contributed by atoms with E-state index in [1.165, 1.54) is 0 Å². The minimum absolute atomic E-state index is 0.0483. The molecular formula is C20H29N3O3. The van der Waals surface area contributed by atoms with Gasteiger partial charge in [-0.1, -0.05) is 26.0 Å². The lowest BCUT2D eigenvalue weighted by Gasteiger charge is -2.43. The Labute approximate surface area is 155 Å². The highest BCUT2D eigenvalue weighted by atomic mass is 16.5. The lowest BCUT2D eigenvalue weighted by atomic mass is 9.79. The summed E-state index contributed by atoms with van der Waals surface area (Å²) in [6.45, 7) is 6.58. The summed E-state index contributed by atoms with van der Waals surface area (Å²) < 4.78 is 5.16. The first-order valence-corrected chi connectivity index (χ1v) is 9.25. The number of methoxy groups -OCH3 is 1. The number of carbonyl (C=O) groups is 2. The van der Waals surface area contributed by atoms with Gasteiger partial charge in [-0.15, -0.1) is 0 Å². The largest absolute Gasteiger partial charge is 0.497 e. The summed E-state index contributed by atoms with van der Waals surface area (Å²) in [6.07, 6.45) is 1.12. The number of ether oxygens (including phenoxy) is 1. The first-order valence-electron chi connectivity index (χ1n) is 9.25. The highest BCUT2D eigenvalue weighted by Crippen LogP contribution is 2.30. The molecule has 3 rings (SSSR count). The van der Waals surface area contributed by atoms with E-state index in [1.807, 2.05) is 29.2 Å². The predicted octanol–water partition coefficient (Wildman–Crippen LogP) is 1.63. The molecule has 0 aromatic heterocycles. The van der Waals surface area contributed by atoms with Crippen LogP contribution in [-0.4, -0.2) is 54.4 Å². The smallest absolute Gasteiger partial charge is 0.228 e. The molecule has 0 bridgehead atoms. The molecule has 2 aliphatic rings. The molecule has 2 unspecified atom stereocenters. The average Bonchev–Trinajstić information content (AvgIpc) is 2.98. The third kappa shape index (κ3) is 3.85. The van der Waals surface area contributed by atoms with Gasteiger partial charge in [-0.05, 0) is 29.5 Å². The lowest BCUT2D eigenvalue weighted by Crippen LogP contribution is -2.55. The van der Waals surface area contributed by atoms with E-state index in [-0.39, 0.29) is 29.2 Å². The van der Waals surface area contributed by atoms with Crippen molar-refractivity contribution in [3.63, 3.8) is 0 Å². The average molecular weight is 359 g/mol. The first-order chi connectivity index (χ1) is 12.3. The molecule has 2 saturated heterocycles. The van der Waals surface area contributed by atoms with Crippen molar-refractivity contribution in [1.82, 2.24) is 9.80 Å². The second-order valence-corrected chi connectivity index (χ2v) is 8.17. The van der Waals surface area contributed by atoms with Gasteiger partial charge in [-0.3, -0.25) is 9.59 Å². The molecule has 2 amide bonds. The van der Waals surface area contributed by atoms with Gasteiger partial charge in [-0.2, -0.15) is 0 Å². The molecule has 2 aliphatic heterocycles. The molecule has 0 aliphatic carbocycles. The van der Waals surface area contributed by atoms with Crippen molar-refractivity contribution < 1.29 is 14.3 Å². The van der Waals surface area contributed by atoms with Crippen molar-refractivity contribution in [3.05, 3.63) is 29.8 Å². The van der Waals surface area contributed by atoms with Crippen LogP contribution in [0.4, 0.5) is 0 Å². The summed E-state index contributed by atoms with van der Waals surface area (Å²) in [5, 5.41) is 0. The zero-order chi connectivity index (χ0) is 18.9. The maximum absolute atomic E-state index is 12.9. The summed E-state index contributed by atoms with van der Waals surface area (Å²) in [5.74, 6) is 0.689. The van der Waals surface area contributed by atoms with Crippen LogP contribution in [0.3, 0.4) is 0 Å². The zero-order valence-corrected chi connectivity index (χ0v) is 15.9. The summed E-state index contributed by atoms with van der Waals surface area (Å²) in [6, 6.07) is 7.80. The number of nitrogens with zero attached hydrogens (tertiary/aromatic N) is 2. The number of hydrogen-bond acceptors (Lipinski definition) is 4. The SMILES string of the molecule is COc1ccc(CN2CC(C(=O)N3CCC(N)C(C)(C)C3)CC2=O)cc1. The Morgan fingerprint density at radius 2 is 2.00 bits per heavy atom. The fraction of sp³-hybridized carbons (Fsp3) is 0.600. The van der Waals surface area contributed by atoms with Crippen molar-refractivity contribution in [1.29, 1.82) is 0 Å². The number of hydrogen-bond donors (Lipinski definition) is 1. The molecule has 2 fully saturated rings. The Balaban J connectivity index is 1.60. The third-order valence-corrected chi connectivity index (χ3v) is 5.72. The van der Waals surface area contributed by atoms with Gasteiger partial charge in [0.15, 0.2) is 0 Å². The van der Waals surface area contributed by atoms with E-state index >= 15 is 0 Å². The highest BCUT2D eigenvalue weighted by Gasteiger charge is 2.41. The van der Waals surface area contributed by atoms with Crippen LogP contribution in [0.15, 0.2) is 24.3 Å². The van der Waals surface area contributed by atoms with Gasteiger partial charge < -0.3 is 20.3 Å². The Bertz CT molecular complexity index is 671. The molecule has 2 heterocycles. The maximum atomic E-state index is 12.9. The summed E-state index contributed by atoms with van der Waals surface area (Å²) in [4.78, 5) is 29.0. The molecule has 2 N–H and O–H groups in total. The fourth-order valence-corrected chi connectivity index (χ4v) is 3.86. The molecule has 6 heteroatoms. The molecule has 26 heavy (non-hydrogen) atoms. The zero-order valence-electron chi connectivity index (χ0n) is 15.9. The maximum Gasteiger partial charge on any atom is 0.228 e. The third-order valence-electron chi connectivity index (χ3n) is 5.72. The van der Waals surface area contributed by atoms with Gasteiger partial charge in [-0.25, -0.2) is 0 Å². The second-order valence-electron chi connectivity index (χ2n) is 8.17. The van der Waals surface area contributed by atoms with Crippen LogP contribution in [0.2, 0.25) is 0 Å². The number of carbonyl (C=O) groups excluding carboxylic acids is 2. The van der Waals surface area contributed by atoms with Crippen molar-refractivity contribution in [2.75, 3.05) is 26.7 Å². The second kappa shape index (κ2) is 7.27. The van der Waals surface area contributed by atoms with E-state index < -0.39 is 0 Å². The first kappa shape index (κ1) is 18.7. The topological polar surface area (TPSA) is 75.9 Å². The van der Waals surface area contributed by atoms with Crippen molar-refractivity contribution >= 4 is 11.8 Å². The molecule has 0 radical (unpaired) electrons. The van der Waals surface area contributed by atoms with Crippen LogP contribution in [0, 0.1) is 11.3 Å². The van der Waals surface area contributed by atoms with Crippen molar-refractivity contribution in [3.8, 4) is 5.75 Å². The Morgan fingerprint density at radius 3 is 2.62 bits per heavy atom. The molecular weight excluding hydrogens is 330 g/mol. The van der Waals surface area contributed by atoms with Crippen LogP contribution in [0.25, 0.3) is 0 Å². The van der Waals surface area contributed by atoms with Crippen molar-refractivity contribution in [2.24, 2.45) is 17.1 Å². The van der Waals surface area contributed by atoms with E-state index in [2.05, 4.69) is 13.8 Å². The van der Waals surface area contributed by atoms with Gasteiger partial charge in [0, 0.05) is 38.6 Å². The number of rotatable bonds is 4. The van der Waals surface area contributed by atoms with Crippen LogP contribution in [0.1, 0.15) is 32.3 Å². The van der Waals surface area contributed by atoms with E-state index in [0.717, 1.165) is 17.7 Å². The molecule has 1 aromatic rings. The normalized spacial score (nSPS) is 25.5. The summed E-state index contributed by atoms with van der Waals surface area (Å²) in [5.41, 5.74) is 7.12. The van der Waals surface area contributed by atoms with E-state index in [9.17, 15) is 9.59 Å². The molecule has 0 spiro atoms. The van der Waals surface area contributed by atoms with E-state index in [4.69, 9.17) is 10.5 Å². The van der Waals surface area contributed by atoms with Crippen molar-refractivity contribution in [2.45, 2.75) is 39.3 Å². The van der Waals surface area contributed by atoms with Gasteiger partial charge in [0.2, 0.25) is 11.8 Å². The van der Waals surface area contributed by atoms with Crippen LogP contribution >= 0.6 is 0 Å². The summed E-state index contributed by atoms with van der Waals surface area (Å²) >= 11 is 0. The Kier molecular flexibility index (Phi) is 5.23. The molecule has 2 atom stereocenters.